The van der Waals surface area contributed by atoms with Crippen molar-refractivity contribution >= 4 is 23.6 Å². The van der Waals surface area contributed by atoms with Gasteiger partial charge in [0, 0.05) is 12.1 Å². The molecule has 174 valence electrons. The second kappa shape index (κ2) is 9.81. The number of benzene rings is 3. The van der Waals surface area contributed by atoms with Crippen LogP contribution >= 0.6 is 11.8 Å². The zero-order valence-corrected chi connectivity index (χ0v) is 19.7. The molecule has 2 atom stereocenters. The van der Waals surface area contributed by atoms with Crippen molar-refractivity contribution in [2.45, 2.75) is 24.9 Å². The summed E-state index contributed by atoms with van der Waals surface area (Å²) in [4.78, 5) is 27.3. The molecule has 1 fully saturated rings. The molecule has 6 nitrogen and oxygen atoms in total. The predicted molar refractivity (Wildman–Crippen MR) is 132 cm³/mol. The third kappa shape index (κ3) is 4.75. The molecule has 0 saturated carbocycles. The number of hydrogen-bond acceptors (Lipinski definition) is 5. The number of nitrogens with one attached hydrogen (secondary N) is 1. The highest BCUT2D eigenvalue weighted by molar-refractivity contribution is 8.00. The van der Waals surface area contributed by atoms with Gasteiger partial charge in [0.2, 0.25) is 5.91 Å². The van der Waals surface area contributed by atoms with Crippen LogP contribution in [-0.2, 0) is 11.3 Å². The van der Waals surface area contributed by atoms with E-state index in [1.807, 2.05) is 84.6 Å². The Labute approximate surface area is 203 Å². The van der Waals surface area contributed by atoms with Crippen LogP contribution in [0.3, 0.4) is 0 Å². The first kappa shape index (κ1) is 22.3. The van der Waals surface area contributed by atoms with E-state index in [2.05, 4.69) is 5.32 Å². The summed E-state index contributed by atoms with van der Waals surface area (Å²) in [7, 11) is 0. The summed E-state index contributed by atoms with van der Waals surface area (Å²) in [5.41, 5.74) is 3.65. The molecule has 7 heteroatoms. The molecule has 3 aromatic carbocycles. The van der Waals surface area contributed by atoms with Gasteiger partial charge in [-0.05, 0) is 47.9 Å². The molecular formula is C27H26N2O4S. The molecule has 0 bridgehead atoms. The lowest BCUT2D eigenvalue weighted by atomic mass is 10.1. The standard InChI is InChI=1S/C27H26N2O4S/c1-18(22-11-12-23-24(15-22)33-14-13-32-23)28-26(31)20-7-9-21(10-8-20)27-29(25(30)17-34-27)16-19-5-3-2-4-6-19/h2-12,15,18,27H,13-14,16-17H2,1H3,(H,28,31)/t18-,27-/m1/s1. The highest BCUT2D eigenvalue weighted by atomic mass is 32.2. The van der Waals surface area contributed by atoms with Crippen molar-refractivity contribution in [2.24, 2.45) is 0 Å². The fourth-order valence-electron chi connectivity index (χ4n) is 4.17. The Bertz CT molecular complexity index is 1180. The normalized spacial score (nSPS) is 18.0. The van der Waals surface area contributed by atoms with Gasteiger partial charge >= 0.3 is 0 Å². The first-order valence-corrected chi connectivity index (χ1v) is 12.4. The molecule has 1 N–H and O–H groups in total. The number of amides is 2. The van der Waals surface area contributed by atoms with Gasteiger partial charge in [0.15, 0.2) is 11.5 Å². The van der Waals surface area contributed by atoms with Crippen LogP contribution in [0.15, 0.2) is 72.8 Å². The summed E-state index contributed by atoms with van der Waals surface area (Å²) in [6.45, 7) is 3.59. The second-order valence-electron chi connectivity index (χ2n) is 8.39. The second-order valence-corrected chi connectivity index (χ2v) is 9.46. The van der Waals surface area contributed by atoms with Crippen LogP contribution in [0.2, 0.25) is 0 Å². The monoisotopic (exact) mass is 474 g/mol. The van der Waals surface area contributed by atoms with Gasteiger partial charge in [0.1, 0.15) is 18.6 Å². The van der Waals surface area contributed by atoms with E-state index in [0.29, 0.717) is 36.8 Å². The highest BCUT2D eigenvalue weighted by Gasteiger charge is 2.32. The number of hydrogen-bond donors (Lipinski definition) is 1. The van der Waals surface area contributed by atoms with Gasteiger partial charge in [0.25, 0.3) is 5.91 Å². The molecule has 2 aliphatic rings. The van der Waals surface area contributed by atoms with Crippen LogP contribution in [0.5, 0.6) is 11.5 Å². The highest BCUT2D eigenvalue weighted by Crippen LogP contribution is 2.39. The Morgan fingerprint density at radius 2 is 1.76 bits per heavy atom. The maximum atomic E-state index is 12.9. The van der Waals surface area contributed by atoms with E-state index in [0.717, 1.165) is 22.4 Å². The van der Waals surface area contributed by atoms with E-state index in [1.54, 1.807) is 11.8 Å². The molecule has 2 amide bonds. The molecule has 1 saturated heterocycles. The van der Waals surface area contributed by atoms with E-state index in [-0.39, 0.29) is 23.2 Å². The molecule has 34 heavy (non-hydrogen) atoms. The zero-order valence-electron chi connectivity index (χ0n) is 18.9. The lowest BCUT2D eigenvalue weighted by Crippen LogP contribution is -2.28. The van der Waals surface area contributed by atoms with Crippen molar-refractivity contribution in [1.82, 2.24) is 10.2 Å². The van der Waals surface area contributed by atoms with E-state index >= 15 is 0 Å². The van der Waals surface area contributed by atoms with Crippen LogP contribution in [0.25, 0.3) is 0 Å². The Kier molecular flexibility index (Phi) is 6.45. The minimum absolute atomic E-state index is 0.0542. The van der Waals surface area contributed by atoms with Crippen molar-refractivity contribution in [3.63, 3.8) is 0 Å². The molecule has 0 aliphatic carbocycles. The third-order valence-corrected chi connectivity index (χ3v) is 7.29. The number of nitrogens with zero attached hydrogens (tertiary/aromatic N) is 1. The molecule has 0 radical (unpaired) electrons. The van der Waals surface area contributed by atoms with Gasteiger partial charge in [-0.15, -0.1) is 11.8 Å². The molecule has 2 heterocycles. The lowest BCUT2D eigenvalue weighted by molar-refractivity contribution is -0.128. The number of fused-ring (bicyclic) bond motifs is 1. The predicted octanol–water partition coefficient (Wildman–Crippen LogP) is 4.72. The van der Waals surface area contributed by atoms with Gasteiger partial charge in [-0.1, -0.05) is 48.5 Å². The summed E-state index contributed by atoms with van der Waals surface area (Å²) < 4.78 is 11.2. The van der Waals surface area contributed by atoms with Crippen molar-refractivity contribution in [3.05, 3.63) is 95.1 Å². The average molecular weight is 475 g/mol. The summed E-state index contributed by atoms with van der Waals surface area (Å²) in [5.74, 6) is 1.89. The number of thioether (sulfide) groups is 1. The molecule has 0 spiro atoms. The fraction of sp³-hybridized carbons (Fsp3) is 0.259. The van der Waals surface area contributed by atoms with Gasteiger partial charge < -0.3 is 19.7 Å². The largest absolute Gasteiger partial charge is 0.486 e. The van der Waals surface area contributed by atoms with Gasteiger partial charge in [-0.2, -0.15) is 0 Å². The Morgan fingerprint density at radius 3 is 2.53 bits per heavy atom. The van der Waals surface area contributed by atoms with Crippen molar-refractivity contribution < 1.29 is 19.1 Å². The van der Waals surface area contributed by atoms with Crippen LogP contribution < -0.4 is 14.8 Å². The van der Waals surface area contributed by atoms with Gasteiger partial charge in [0.05, 0.1) is 11.8 Å². The summed E-state index contributed by atoms with van der Waals surface area (Å²) in [5, 5.41) is 3.00. The first-order chi connectivity index (χ1) is 16.6. The minimum Gasteiger partial charge on any atom is -0.486 e. The van der Waals surface area contributed by atoms with E-state index in [1.165, 1.54) is 0 Å². The first-order valence-electron chi connectivity index (χ1n) is 11.3. The minimum atomic E-state index is -0.188. The number of carbonyl (C=O) groups is 2. The van der Waals surface area contributed by atoms with Crippen LogP contribution in [0, 0.1) is 0 Å². The van der Waals surface area contributed by atoms with Gasteiger partial charge in [-0.25, -0.2) is 0 Å². The summed E-state index contributed by atoms with van der Waals surface area (Å²) in [6.07, 6.45) is 0. The summed E-state index contributed by atoms with van der Waals surface area (Å²) >= 11 is 1.62. The molecular weight excluding hydrogens is 448 g/mol. The van der Waals surface area contributed by atoms with E-state index in [9.17, 15) is 9.59 Å². The van der Waals surface area contributed by atoms with Crippen molar-refractivity contribution in [3.8, 4) is 11.5 Å². The Hall–Kier alpha value is -3.45. The number of carbonyl (C=O) groups excluding carboxylic acids is 2. The average Bonchev–Trinajstić information content (AvgIpc) is 3.24. The molecule has 3 aromatic rings. The molecule has 2 aliphatic heterocycles. The Morgan fingerprint density at radius 1 is 1.03 bits per heavy atom. The molecule has 0 aromatic heterocycles. The van der Waals surface area contributed by atoms with E-state index < -0.39 is 0 Å². The van der Waals surface area contributed by atoms with Crippen LogP contribution in [0.4, 0.5) is 0 Å². The quantitative estimate of drug-likeness (QED) is 0.560. The maximum absolute atomic E-state index is 12.9. The Balaban J connectivity index is 1.25. The van der Waals surface area contributed by atoms with E-state index in [4.69, 9.17) is 9.47 Å². The van der Waals surface area contributed by atoms with Crippen LogP contribution in [-0.4, -0.2) is 35.7 Å². The van der Waals surface area contributed by atoms with Gasteiger partial charge in [-0.3, -0.25) is 9.59 Å². The SMILES string of the molecule is C[C@@H](NC(=O)c1ccc([C@H]2SCC(=O)N2Cc2ccccc2)cc1)c1ccc2c(c1)OCCO2. The smallest absolute Gasteiger partial charge is 0.251 e. The third-order valence-electron chi connectivity index (χ3n) is 6.04. The zero-order chi connectivity index (χ0) is 23.5. The fourth-order valence-corrected chi connectivity index (χ4v) is 5.36. The van der Waals surface area contributed by atoms with Crippen LogP contribution in [0.1, 0.15) is 45.4 Å². The number of ether oxygens (including phenoxy) is 2. The van der Waals surface area contributed by atoms with Crippen molar-refractivity contribution in [2.75, 3.05) is 19.0 Å². The van der Waals surface area contributed by atoms with Crippen molar-refractivity contribution in [1.29, 1.82) is 0 Å². The lowest BCUT2D eigenvalue weighted by Gasteiger charge is -2.24. The molecule has 0 unspecified atom stereocenters. The number of rotatable bonds is 6. The maximum Gasteiger partial charge on any atom is 0.251 e. The topological polar surface area (TPSA) is 67.9 Å². The summed E-state index contributed by atoms with van der Waals surface area (Å²) in [6, 6.07) is 23.1. The molecule has 5 rings (SSSR count).